The fourth-order valence-electron chi connectivity index (χ4n) is 2.56. The molecular formula is C18H17F3N2O3S2. The third-order valence-corrected chi connectivity index (χ3v) is 7.06. The largest absolute Gasteiger partial charge is 0.497 e. The van der Waals surface area contributed by atoms with E-state index < -0.39 is 21.8 Å². The Kier molecular flexibility index (Phi) is 5.90. The number of ether oxygens (including phenoxy) is 1. The first-order valence-corrected chi connectivity index (χ1v) is 10.6. The Hall–Kier alpha value is -2.20. The zero-order chi connectivity index (χ0) is 20.4. The van der Waals surface area contributed by atoms with Crippen LogP contribution in [0.2, 0.25) is 0 Å². The van der Waals surface area contributed by atoms with Crippen molar-refractivity contribution >= 4 is 27.0 Å². The minimum atomic E-state index is -4.38. The number of nitrogens with zero attached hydrogens (tertiary/aromatic N) is 2. The number of amidine groups is 1. The van der Waals surface area contributed by atoms with E-state index in [1.807, 2.05) is 0 Å². The van der Waals surface area contributed by atoms with Crippen LogP contribution in [0.15, 0.2) is 58.4 Å². The molecule has 2 aromatic carbocycles. The minimum Gasteiger partial charge on any atom is -0.497 e. The van der Waals surface area contributed by atoms with Crippen molar-refractivity contribution in [3.63, 3.8) is 0 Å². The van der Waals surface area contributed by atoms with Crippen molar-refractivity contribution < 1.29 is 26.3 Å². The molecule has 2 aromatic rings. The summed E-state index contributed by atoms with van der Waals surface area (Å²) in [5.41, 5.74) is -0.0717. The van der Waals surface area contributed by atoms with Gasteiger partial charge in [0.2, 0.25) is 0 Å². The number of hydrogen-bond donors (Lipinski definition) is 0. The van der Waals surface area contributed by atoms with Crippen molar-refractivity contribution in [1.29, 1.82) is 0 Å². The summed E-state index contributed by atoms with van der Waals surface area (Å²) in [6.07, 6.45) is -4.38. The Labute approximate surface area is 165 Å². The number of aliphatic imine (C=N–C) groups is 1. The molecule has 0 spiro atoms. The van der Waals surface area contributed by atoms with Gasteiger partial charge in [0.1, 0.15) is 5.75 Å². The number of sulfonamides is 1. The predicted molar refractivity (Wildman–Crippen MR) is 102 cm³/mol. The van der Waals surface area contributed by atoms with E-state index in [1.165, 1.54) is 47.4 Å². The second-order valence-electron chi connectivity index (χ2n) is 5.90. The molecular weight excluding hydrogens is 413 g/mol. The van der Waals surface area contributed by atoms with Gasteiger partial charge >= 0.3 is 6.18 Å². The van der Waals surface area contributed by atoms with Gasteiger partial charge in [0.15, 0.2) is 5.17 Å². The first-order valence-electron chi connectivity index (χ1n) is 8.22. The summed E-state index contributed by atoms with van der Waals surface area (Å²) >= 11 is 1.18. The van der Waals surface area contributed by atoms with Crippen molar-refractivity contribution in [1.82, 2.24) is 4.31 Å². The predicted octanol–water partition coefficient (Wildman–Crippen LogP) is 4.01. The molecule has 0 unspecified atom stereocenters. The zero-order valence-corrected chi connectivity index (χ0v) is 16.4. The maximum Gasteiger partial charge on any atom is 0.416 e. The lowest BCUT2D eigenvalue weighted by molar-refractivity contribution is -0.137. The third-order valence-electron chi connectivity index (χ3n) is 4.06. The molecule has 0 aromatic heterocycles. The summed E-state index contributed by atoms with van der Waals surface area (Å²) in [4.78, 5) is 4.36. The summed E-state index contributed by atoms with van der Waals surface area (Å²) in [6, 6.07) is 10.8. The van der Waals surface area contributed by atoms with Crippen LogP contribution in [0.25, 0.3) is 0 Å². The smallest absolute Gasteiger partial charge is 0.416 e. The summed E-state index contributed by atoms with van der Waals surface area (Å²) in [7, 11) is -2.27. The van der Waals surface area contributed by atoms with Gasteiger partial charge in [0.05, 0.1) is 30.7 Å². The number of alkyl halides is 3. The maximum absolute atomic E-state index is 12.9. The molecule has 0 radical (unpaired) electrons. The standard InChI is InChI=1S/C18H17F3N2O3S2/c1-26-15-6-8-16(9-7-15)28(24,25)23-11-10-22-17(23)27-12-13-2-4-14(5-3-13)18(19,20)21/h2-9H,10-12H2,1H3. The summed E-state index contributed by atoms with van der Waals surface area (Å²) in [5, 5.41) is 0.329. The highest BCUT2D eigenvalue weighted by Gasteiger charge is 2.32. The van der Waals surface area contributed by atoms with Gasteiger partial charge in [-0.25, -0.2) is 12.7 Å². The minimum absolute atomic E-state index is 0.123. The highest BCUT2D eigenvalue weighted by molar-refractivity contribution is 8.14. The zero-order valence-electron chi connectivity index (χ0n) is 14.8. The Morgan fingerprint density at radius 3 is 2.32 bits per heavy atom. The molecule has 10 heteroatoms. The molecule has 1 heterocycles. The molecule has 0 aliphatic carbocycles. The Morgan fingerprint density at radius 1 is 1.11 bits per heavy atom. The molecule has 0 bridgehead atoms. The molecule has 0 saturated carbocycles. The molecule has 3 rings (SSSR count). The van der Waals surface area contributed by atoms with Gasteiger partial charge in [-0.1, -0.05) is 23.9 Å². The van der Waals surface area contributed by atoms with Gasteiger partial charge in [-0.3, -0.25) is 4.99 Å². The van der Waals surface area contributed by atoms with Gasteiger partial charge in [-0.2, -0.15) is 13.2 Å². The van der Waals surface area contributed by atoms with E-state index in [0.29, 0.717) is 28.8 Å². The average Bonchev–Trinajstić information content (AvgIpc) is 3.15. The van der Waals surface area contributed by atoms with Gasteiger partial charge in [-0.05, 0) is 42.0 Å². The van der Waals surface area contributed by atoms with Crippen LogP contribution in [0.3, 0.4) is 0 Å². The van der Waals surface area contributed by atoms with Gasteiger partial charge in [0, 0.05) is 5.75 Å². The summed E-state index contributed by atoms with van der Waals surface area (Å²) in [6.45, 7) is 0.564. The summed E-state index contributed by atoms with van der Waals surface area (Å²) < 4.78 is 69.9. The van der Waals surface area contributed by atoms with E-state index in [-0.39, 0.29) is 11.4 Å². The van der Waals surface area contributed by atoms with E-state index in [2.05, 4.69) is 4.99 Å². The molecule has 0 N–H and O–H groups in total. The van der Waals surface area contributed by atoms with Crippen LogP contribution in [0, 0.1) is 0 Å². The Bertz CT molecular complexity index is 957. The normalized spacial score (nSPS) is 14.9. The van der Waals surface area contributed by atoms with Crippen molar-refractivity contribution in [3.8, 4) is 5.75 Å². The van der Waals surface area contributed by atoms with E-state index in [1.54, 1.807) is 12.1 Å². The lowest BCUT2D eigenvalue weighted by Gasteiger charge is -2.20. The third kappa shape index (κ3) is 4.44. The van der Waals surface area contributed by atoms with Crippen LogP contribution >= 0.6 is 11.8 Å². The number of hydrogen-bond acceptors (Lipinski definition) is 5. The van der Waals surface area contributed by atoms with Crippen LogP contribution in [0.1, 0.15) is 11.1 Å². The average molecular weight is 430 g/mol. The topological polar surface area (TPSA) is 59.0 Å². The number of rotatable bonds is 5. The van der Waals surface area contributed by atoms with Gasteiger partial charge < -0.3 is 4.74 Å². The molecule has 1 aliphatic heterocycles. The summed E-state index contributed by atoms with van der Waals surface area (Å²) in [5.74, 6) is 0.858. The first kappa shape index (κ1) is 20.5. The second kappa shape index (κ2) is 8.04. The first-order chi connectivity index (χ1) is 13.2. The number of halogens is 3. The highest BCUT2D eigenvalue weighted by Crippen LogP contribution is 2.30. The Morgan fingerprint density at radius 2 is 1.75 bits per heavy atom. The molecule has 0 atom stereocenters. The lowest BCUT2D eigenvalue weighted by atomic mass is 10.1. The molecule has 150 valence electrons. The molecule has 5 nitrogen and oxygen atoms in total. The number of benzene rings is 2. The van der Waals surface area contributed by atoms with Gasteiger partial charge in [0.25, 0.3) is 10.0 Å². The fraction of sp³-hybridized carbons (Fsp3) is 0.278. The van der Waals surface area contributed by atoms with Crippen molar-refractivity contribution in [2.45, 2.75) is 16.8 Å². The molecule has 28 heavy (non-hydrogen) atoms. The Balaban J connectivity index is 1.70. The quantitative estimate of drug-likeness (QED) is 0.719. The van der Waals surface area contributed by atoms with E-state index in [4.69, 9.17) is 4.74 Å². The lowest BCUT2D eigenvalue weighted by Crippen LogP contribution is -2.32. The SMILES string of the molecule is COc1ccc(S(=O)(=O)N2CCN=C2SCc2ccc(C(F)(F)F)cc2)cc1. The van der Waals surface area contributed by atoms with Crippen LogP contribution in [0.5, 0.6) is 5.75 Å². The second-order valence-corrected chi connectivity index (χ2v) is 8.71. The monoisotopic (exact) mass is 430 g/mol. The van der Waals surface area contributed by atoms with Crippen LogP contribution in [-0.2, 0) is 22.0 Å². The number of thioether (sulfide) groups is 1. The molecule has 0 amide bonds. The van der Waals surface area contributed by atoms with Crippen molar-refractivity contribution in [2.24, 2.45) is 4.99 Å². The van der Waals surface area contributed by atoms with Crippen LogP contribution < -0.4 is 4.74 Å². The maximum atomic E-state index is 12.9. The van der Waals surface area contributed by atoms with Crippen molar-refractivity contribution in [3.05, 3.63) is 59.7 Å². The molecule has 1 aliphatic rings. The van der Waals surface area contributed by atoms with Gasteiger partial charge in [-0.15, -0.1) is 0 Å². The van der Waals surface area contributed by atoms with Crippen LogP contribution in [-0.4, -0.2) is 38.1 Å². The van der Waals surface area contributed by atoms with Crippen molar-refractivity contribution in [2.75, 3.05) is 20.2 Å². The van der Waals surface area contributed by atoms with Crippen LogP contribution in [0.4, 0.5) is 13.2 Å². The number of methoxy groups -OCH3 is 1. The van der Waals surface area contributed by atoms with E-state index in [9.17, 15) is 21.6 Å². The highest BCUT2D eigenvalue weighted by atomic mass is 32.2. The molecule has 0 saturated heterocycles. The van der Waals surface area contributed by atoms with E-state index in [0.717, 1.165) is 12.1 Å². The fourth-order valence-corrected chi connectivity index (χ4v) is 5.24. The van der Waals surface area contributed by atoms with E-state index >= 15 is 0 Å². The molecule has 0 fully saturated rings.